The minimum Gasteiger partial charge on any atom is -0.353 e. The van der Waals surface area contributed by atoms with Gasteiger partial charge in [0.05, 0.1) is 0 Å². The normalized spacial score (nSPS) is 23.1. The van der Waals surface area contributed by atoms with Gasteiger partial charge in [-0.2, -0.15) is 0 Å². The average Bonchev–Trinajstić information content (AvgIpc) is 3.40. The number of benzene rings is 1. The largest absolute Gasteiger partial charge is 0.353 e. The van der Waals surface area contributed by atoms with E-state index in [0.29, 0.717) is 25.9 Å². The van der Waals surface area contributed by atoms with Crippen LogP contribution in [0.2, 0.25) is 0 Å². The zero-order chi connectivity index (χ0) is 24.4. The van der Waals surface area contributed by atoms with Crippen molar-refractivity contribution >= 4 is 22.7 Å². The van der Waals surface area contributed by atoms with Gasteiger partial charge in [0, 0.05) is 81.2 Å². The number of rotatable bonds is 7. The molecule has 2 aromatic heterocycles. The summed E-state index contributed by atoms with van der Waals surface area (Å²) in [7, 11) is 4.18. The molecule has 0 bridgehead atoms. The van der Waals surface area contributed by atoms with Crippen molar-refractivity contribution in [3.63, 3.8) is 0 Å². The highest BCUT2D eigenvalue weighted by molar-refractivity contribution is 5.85. The predicted molar refractivity (Wildman–Crippen MR) is 135 cm³/mol. The number of nitrogens with zero attached hydrogens (tertiary/aromatic N) is 4. The first-order chi connectivity index (χ1) is 17.0. The van der Waals surface area contributed by atoms with Crippen LogP contribution in [0.3, 0.4) is 0 Å². The molecule has 184 valence electrons. The topological polar surface area (TPSA) is 82.5 Å². The molecule has 0 radical (unpaired) electrons. The van der Waals surface area contributed by atoms with Gasteiger partial charge < -0.3 is 15.2 Å². The van der Waals surface area contributed by atoms with Crippen LogP contribution in [0.5, 0.6) is 0 Å². The molecule has 5 rings (SSSR count). The third-order valence-corrected chi connectivity index (χ3v) is 7.62. The third-order valence-electron chi connectivity index (χ3n) is 7.62. The molecule has 3 atom stereocenters. The van der Waals surface area contributed by atoms with Crippen LogP contribution >= 0.6 is 0 Å². The Labute approximate surface area is 206 Å². The fraction of sp³-hybridized carbons (Fsp3) is 0.444. The van der Waals surface area contributed by atoms with E-state index in [0.717, 1.165) is 25.1 Å². The summed E-state index contributed by atoms with van der Waals surface area (Å²) in [5, 5.41) is 7.40. The number of hydrogen-bond acceptors (Lipinski definition) is 5. The fourth-order valence-corrected chi connectivity index (χ4v) is 5.69. The van der Waals surface area contributed by atoms with Crippen LogP contribution in [0.15, 0.2) is 55.0 Å². The number of fused-ring (bicyclic) bond motifs is 2. The SMILES string of the molecule is CN1C(CCC(=O)NCc2cccnc2)CNC(=O)C2C1CCN2Cc1cn(C)c2ccccc12. The number of carbonyl (C=O) groups is 2. The quantitative estimate of drug-likeness (QED) is 0.548. The first-order valence-electron chi connectivity index (χ1n) is 12.4. The molecule has 2 aliphatic heterocycles. The fourth-order valence-electron chi connectivity index (χ4n) is 5.69. The third kappa shape index (κ3) is 4.94. The van der Waals surface area contributed by atoms with Crippen LogP contribution in [-0.2, 0) is 29.7 Å². The van der Waals surface area contributed by atoms with Gasteiger partial charge in [-0.05, 0) is 43.1 Å². The van der Waals surface area contributed by atoms with Crippen molar-refractivity contribution in [2.75, 3.05) is 20.1 Å². The number of pyridine rings is 1. The minimum absolute atomic E-state index is 0.0263. The molecule has 3 aromatic rings. The Morgan fingerprint density at radius 1 is 1.20 bits per heavy atom. The molecule has 0 spiro atoms. The second-order valence-corrected chi connectivity index (χ2v) is 9.79. The molecule has 2 amide bonds. The summed E-state index contributed by atoms with van der Waals surface area (Å²) in [6.45, 7) is 2.69. The lowest BCUT2D eigenvalue weighted by molar-refractivity contribution is -0.126. The number of likely N-dealkylation sites (tertiary alicyclic amines) is 1. The molecular weight excluding hydrogens is 440 g/mol. The van der Waals surface area contributed by atoms with Gasteiger partial charge in [-0.25, -0.2) is 0 Å². The maximum atomic E-state index is 13.2. The van der Waals surface area contributed by atoms with Crippen LogP contribution in [0.4, 0.5) is 0 Å². The van der Waals surface area contributed by atoms with Crippen molar-refractivity contribution in [3.05, 3.63) is 66.1 Å². The second kappa shape index (κ2) is 10.2. The Kier molecular flexibility index (Phi) is 6.83. The summed E-state index contributed by atoms with van der Waals surface area (Å²) >= 11 is 0. The zero-order valence-electron chi connectivity index (χ0n) is 20.5. The van der Waals surface area contributed by atoms with Crippen molar-refractivity contribution in [2.24, 2.45) is 7.05 Å². The second-order valence-electron chi connectivity index (χ2n) is 9.79. The van der Waals surface area contributed by atoms with E-state index in [4.69, 9.17) is 0 Å². The molecule has 1 aromatic carbocycles. The molecular formula is C27H34N6O2. The van der Waals surface area contributed by atoms with Crippen LogP contribution < -0.4 is 10.6 Å². The molecule has 4 heterocycles. The molecule has 8 heteroatoms. The summed E-state index contributed by atoms with van der Waals surface area (Å²) in [5.41, 5.74) is 3.45. The molecule has 2 fully saturated rings. The molecule has 35 heavy (non-hydrogen) atoms. The lowest BCUT2D eigenvalue weighted by Crippen LogP contribution is -2.49. The minimum atomic E-state index is -0.177. The highest BCUT2D eigenvalue weighted by Crippen LogP contribution is 2.30. The van der Waals surface area contributed by atoms with Gasteiger partial charge in [-0.15, -0.1) is 0 Å². The van der Waals surface area contributed by atoms with Crippen LogP contribution in [0, 0.1) is 0 Å². The summed E-state index contributed by atoms with van der Waals surface area (Å²) in [6, 6.07) is 12.4. The highest BCUT2D eigenvalue weighted by Gasteiger charge is 2.45. The Bertz CT molecular complexity index is 1190. The van der Waals surface area contributed by atoms with E-state index in [-0.39, 0.29) is 29.9 Å². The van der Waals surface area contributed by atoms with Gasteiger partial charge in [-0.1, -0.05) is 24.3 Å². The van der Waals surface area contributed by atoms with Crippen molar-refractivity contribution < 1.29 is 9.59 Å². The van der Waals surface area contributed by atoms with Gasteiger partial charge in [0.2, 0.25) is 11.8 Å². The Morgan fingerprint density at radius 2 is 2.06 bits per heavy atom. The molecule has 0 aliphatic carbocycles. The molecule has 2 aliphatic rings. The number of likely N-dealkylation sites (N-methyl/N-ethyl adjacent to an activating group) is 1. The predicted octanol–water partition coefficient (Wildman–Crippen LogP) is 2.04. The number of aromatic nitrogens is 2. The van der Waals surface area contributed by atoms with Crippen LogP contribution in [0.25, 0.3) is 10.9 Å². The summed E-state index contributed by atoms with van der Waals surface area (Å²) in [4.78, 5) is 34.4. The zero-order valence-corrected chi connectivity index (χ0v) is 20.5. The number of nitrogens with one attached hydrogen (secondary N) is 2. The van der Waals surface area contributed by atoms with Gasteiger partial charge in [0.25, 0.3) is 0 Å². The van der Waals surface area contributed by atoms with Crippen LogP contribution in [0.1, 0.15) is 30.4 Å². The van der Waals surface area contributed by atoms with Gasteiger partial charge in [-0.3, -0.25) is 24.4 Å². The van der Waals surface area contributed by atoms with Crippen molar-refractivity contribution in [1.29, 1.82) is 0 Å². The lowest BCUT2D eigenvalue weighted by atomic mass is 10.0. The van der Waals surface area contributed by atoms with E-state index in [2.05, 4.69) is 74.5 Å². The molecule has 0 saturated carbocycles. The van der Waals surface area contributed by atoms with Crippen molar-refractivity contribution in [1.82, 2.24) is 30.0 Å². The van der Waals surface area contributed by atoms with Crippen LogP contribution in [-0.4, -0.2) is 69.4 Å². The number of aryl methyl sites for hydroxylation is 1. The summed E-state index contributed by atoms with van der Waals surface area (Å²) in [5.74, 6) is 0.126. The van der Waals surface area contributed by atoms with Gasteiger partial charge in [0.1, 0.15) is 6.04 Å². The number of para-hydroxylation sites is 1. The van der Waals surface area contributed by atoms with Gasteiger partial charge >= 0.3 is 0 Å². The monoisotopic (exact) mass is 474 g/mol. The average molecular weight is 475 g/mol. The van der Waals surface area contributed by atoms with Gasteiger partial charge in [0.15, 0.2) is 0 Å². The smallest absolute Gasteiger partial charge is 0.239 e. The van der Waals surface area contributed by atoms with E-state index < -0.39 is 0 Å². The lowest BCUT2D eigenvalue weighted by Gasteiger charge is -2.33. The van der Waals surface area contributed by atoms with Crippen molar-refractivity contribution in [3.8, 4) is 0 Å². The van der Waals surface area contributed by atoms with Crippen molar-refractivity contribution in [2.45, 2.75) is 50.5 Å². The number of amides is 2. The molecule has 3 unspecified atom stereocenters. The van der Waals surface area contributed by atoms with E-state index in [9.17, 15) is 9.59 Å². The van der Waals surface area contributed by atoms with E-state index in [1.807, 2.05) is 12.1 Å². The standard InChI is InChI=1S/C27H34N6O2/c1-31-17-20(22-7-3-4-8-23(22)31)18-33-13-11-24-26(33)27(35)30-16-21(32(24)2)9-10-25(34)29-15-19-6-5-12-28-14-19/h3-8,12,14,17,21,24,26H,9-11,13,15-16,18H2,1-2H3,(H,29,34)(H,30,35). The molecule has 2 N–H and O–H groups in total. The first kappa shape index (κ1) is 23.5. The van der Waals surface area contributed by atoms with E-state index in [1.165, 1.54) is 16.5 Å². The number of carbonyl (C=O) groups excluding carboxylic acids is 2. The highest BCUT2D eigenvalue weighted by atomic mass is 16.2. The first-order valence-corrected chi connectivity index (χ1v) is 12.4. The summed E-state index contributed by atoms with van der Waals surface area (Å²) < 4.78 is 2.16. The molecule has 2 saturated heterocycles. The Balaban J connectivity index is 1.21. The number of hydrogen-bond donors (Lipinski definition) is 2. The summed E-state index contributed by atoms with van der Waals surface area (Å²) in [6.07, 6.45) is 7.76. The maximum absolute atomic E-state index is 13.2. The molecule has 8 nitrogen and oxygen atoms in total. The van der Waals surface area contributed by atoms with E-state index in [1.54, 1.807) is 12.4 Å². The maximum Gasteiger partial charge on any atom is 0.239 e. The Morgan fingerprint density at radius 3 is 2.89 bits per heavy atom. The Hall–Kier alpha value is -3.23. The van der Waals surface area contributed by atoms with E-state index >= 15 is 0 Å².